The summed E-state index contributed by atoms with van der Waals surface area (Å²) in [6.07, 6.45) is 0.963. The molecule has 5 heteroatoms. The predicted octanol–water partition coefficient (Wildman–Crippen LogP) is 0.218. The molecule has 1 aliphatic heterocycles. The van der Waals surface area contributed by atoms with Gasteiger partial charge in [0.25, 0.3) is 0 Å². The number of nitrogens with two attached hydrogens (primary N) is 2. The van der Waals surface area contributed by atoms with Gasteiger partial charge in [-0.3, -0.25) is 0 Å². The first kappa shape index (κ1) is 14.1. The topological polar surface area (TPSA) is 73.7 Å². The van der Waals surface area contributed by atoms with Crippen molar-refractivity contribution in [3.63, 3.8) is 0 Å². The molecule has 1 unspecified atom stereocenters. The molecule has 0 amide bonds. The van der Waals surface area contributed by atoms with Gasteiger partial charge in [-0.1, -0.05) is 6.07 Å². The van der Waals surface area contributed by atoms with Gasteiger partial charge < -0.3 is 25.8 Å². The summed E-state index contributed by atoms with van der Waals surface area (Å²) >= 11 is 0. The second kappa shape index (κ2) is 6.75. The van der Waals surface area contributed by atoms with E-state index >= 15 is 0 Å². The molecule has 0 bridgehead atoms. The van der Waals surface area contributed by atoms with Crippen LogP contribution in [0.2, 0.25) is 0 Å². The van der Waals surface area contributed by atoms with Crippen molar-refractivity contribution in [2.45, 2.75) is 12.5 Å². The largest absolute Gasteiger partial charge is 0.486 e. The van der Waals surface area contributed by atoms with Crippen LogP contribution < -0.4 is 20.9 Å². The highest BCUT2D eigenvalue weighted by Crippen LogP contribution is 2.30. The lowest BCUT2D eigenvalue weighted by Gasteiger charge is -2.21. The van der Waals surface area contributed by atoms with Crippen LogP contribution in [0.4, 0.5) is 0 Å². The van der Waals surface area contributed by atoms with Gasteiger partial charge in [0.05, 0.1) is 0 Å². The van der Waals surface area contributed by atoms with E-state index in [1.54, 1.807) is 0 Å². The summed E-state index contributed by atoms with van der Waals surface area (Å²) in [7, 11) is 2.06. The van der Waals surface area contributed by atoms with E-state index in [2.05, 4.69) is 24.1 Å². The molecule has 1 aromatic rings. The van der Waals surface area contributed by atoms with E-state index in [9.17, 15) is 0 Å². The van der Waals surface area contributed by atoms with E-state index in [-0.39, 0.29) is 6.04 Å². The Morgan fingerprint density at radius 2 is 2.00 bits per heavy atom. The summed E-state index contributed by atoms with van der Waals surface area (Å²) in [5.74, 6) is 1.69. The molecule has 1 aromatic carbocycles. The van der Waals surface area contributed by atoms with Gasteiger partial charge in [0.1, 0.15) is 13.2 Å². The number of hydrogen-bond acceptors (Lipinski definition) is 5. The molecule has 2 rings (SSSR count). The van der Waals surface area contributed by atoms with Gasteiger partial charge in [0.15, 0.2) is 11.5 Å². The van der Waals surface area contributed by atoms with E-state index < -0.39 is 0 Å². The smallest absolute Gasteiger partial charge is 0.161 e. The second-order valence-electron chi connectivity index (χ2n) is 4.99. The average molecular weight is 265 g/mol. The van der Waals surface area contributed by atoms with Gasteiger partial charge in [0, 0.05) is 25.7 Å². The first-order chi connectivity index (χ1) is 9.19. The Kier molecular flexibility index (Phi) is 5.01. The molecule has 0 aromatic heterocycles. The Balaban J connectivity index is 1.86. The number of nitrogens with zero attached hydrogens (tertiary/aromatic N) is 1. The number of fused-ring (bicyclic) bond motifs is 1. The van der Waals surface area contributed by atoms with Crippen LogP contribution >= 0.6 is 0 Å². The van der Waals surface area contributed by atoms with E-state index in [4.69, 9.17) is 20.9 Å². The van der Waals surface area contributed by atoms with E-state index in [0.29, 0.717) is 19.8 Å². The van der Waals surface area contributed by atoms with Gasteiger partial charge in [-0.2, -0.15) is 0 Å². The first-order valence-electron chi connectivity index (χ1n) is 6.71. The molecule has 0 radical (unpaired) electrons. The number of hydrogen-bond donors (Lipinski definition) is 2. The van der Waals surface area contributed by atoms with Crippen molar-refractivity contribution in [3.8, 4) is 11.5 Å². The molecular formula is C14H23N3O2. The van der Waals surface area contributed by atoms with Crippen LogP contribution in [0.3, 0.4) is 0 Å². The zero-order chi connectivity index (χ0) is 13.7. The molecule has 1 aliphatic rings. The van der Waals surface area contributed by atoms with E-state index in [1.165, 1.54) is 5.56 Å². The molecule has 0 spiro atoms. The molecule has 0 aliphatic carbocycles. The van der Waals surface area contributed by atoms with Crippen molar-refractivity contribution >= 4 is 0 Å². The number of ether oxygens (including phenoxy) is 2. The monoisotopic (exact) mass is 265 g/mol. The van der Waals surface area contributed by atoms with Gasteiger partial charge in [0.2, 0.25) is 0 Å². The molecule has 19 heavy (non-hydrogen) atoms. The standard InChI is InChI=1S/C14H23N3O2/c1-17(10-12(16)9-15)5-4-11-2-3-13-14(8-11)19-7-6-18-13/h2-3,8,12H,4-7,9-10,15-16H2,1H3. The van der Waals surface area contributed by atoms with Crippen LogP contribution in [0.15, 0.2) is 18.2 Å². The fourth-order valence-electron chi connectivity index (χ4n) is 2.13. The third-order valence-electron chi connectivity index (χ3n) is 3.24. The Morgan fingerprint density at radius 1 is 1.26 bits per heavy atom. The minimum Gasteiger partial charge on any atom is -0.486 e. The van der Waals surface area contributed by atoms with Crippen molar-refractivity contribution in [1.29, 1.82) is 0 Å². The van der Waals surface area contributed by atoms with Crippen molar-refractivity contribution in [2.24, 2.45) is 11.5 Å². The van der Waals surface area contributed by atoms with E-state index in [1.807, 2.05) is 6.07 Å². The summed E-state index contributed by atoms with van der Waals surface area (Å²) in [5, 5.41) is 0. The van der Waals surface area contributed by atoms with Gasteiger partial charge in [-0.05, 0) is 31.2 Å². The molecule has 106 valence electrons. The van der Waals surface area contributed by atoms with Crippen molar-refractivity contribution in [1.82, 2.24) is 4.90 Å². The maximum Gasteiger partial charge on any atom is 0.161 e. The van der Waals surface area contributed by atoms with Crippen LogP contribution in [0, 0.1) is 0 Å². The summed E-state index contributed by atoms with van der Waals surface area (Å²) < 4.78 is 11.1. The average Bonchev–Trinajstić information content (AvgIpc) is 2.44. The van der Waals surface area contributed by atoms with Crippen LogP contribution in [-0.4, -0.2) is 50.8 Å². The molecule has 4 N–H and O–H groups in total. The minimum atomic E-state index is 0.0465. The van der Waals surface area contributed by atoms with E-state index in [0.717, 1.165) is 31.0 Å². The molecule has 5 nitrogen and oxygen atoms in total. The Morgan fingerprint density at radius 3 is 2.74 bits per heavy atom. The molecule has 1 heterocycles. The Bertz CT molecular complexity index is 412. The third-order valence-corrected chi connectivity index (χ3v) is 3.24. The van der Waals surface area contributed by atoms with Crippen molar-refractivity contribution < 1.29 is 9.47 Å². The summed E-state index contributed by atoms with van der Waals surface area (Å²) in [6.45, 7) is 3.55. The molecule has 0 saturated heterocycles. The SMILES string of the molecule is CN(CCc1ccc2c(c1)OCCO2)CC(N)CN. The normalized spacial score (nSPS) is 15.6. The van der Waals surface area contributed by atoms with Gasteiger partial charge >= 0.3 is 0 Å². The van der Waals surface area contributed by atoms with Crippen LogP contribution in [-0.2, 0) is 6.42 Å². The highest BCUT2D eigenvalue weighted by molar-refractivity contribution is 5.43. The van der Waals surface area contributed by atoms with Crippen LogP contribution in [0.25, 0.3) is 0 Å². The minimum absolute atomic E-state index is 0.0465. The lowest BCUT2D eigenvalue weighted by atomic mass is 10.1. The predicted molar refractivity (Wildman–Crippen MR) is 75.7 cm³/mol. The Labute approximate surface area is 114 Å². The fourth-order valence-corrected chi connectivity index (χ4v) is 2.13. The Hall–Kier alpha value is -1.30. The third kappa shape index (κ3) is 4.09. The maximum absolute atomic E-state index is 5.83. The van der Waals surface area contributed by atoms with Crippen molar-refractivity contribution in [3.05, 3.63) is 23.8 Å². The number of rotatable bonds is 6. The quantitative estimate of drug-likeness (QED) is 0.769. The summed E-state index contributed by atoms with van der Waals surface area (Å²) in [4.78, 5) is 2.20. The van der Waals surface area contributed by atoms with Gasteiger partial charge in [-0.15, -0.1) is 0 Å². The highest BCUT2D eigenvalue weighted by atomic mass is 16.6. The lowest BCUT2D eigenvalue weighted by Crippen LogP contribution is -2.41. The number of likely N-dealkylation sites (N-methyl/N-ethyl adjacent to an activating group) is 1. The molecular weight excluding hydrogens is 242 g/mol. The number of benzene rings is 1. The summed E-state index contributed by atoms with van der Waals surface area (Å²) in [5.41, 5.74) is 12.6. The highest BCUT2D eigenvalue weighted by Gasteiger charge is 2.12. The second-order valence-corrected chi connectivity index (χ2v) is 4.99. The lowest BCUT2D eigenvalue weighted by molar-refractivity contribution is 0.171. The fraction of sp³-hybridized carbons (Fsp3) is 0.571. The first-order valence-corrected chi connectivity index (χ1v) is 6.71. The molecule has 0 fully saturated rings. The molecule has 0 saturated carbocycles. The maximum atomic E-state index is 5.83. The zero-order valence-corrected chi connectivity index (χ0v) is 11.5. The van der Waals surface area contributed by atoms with Gasteiger partial charge in [-0.25, -0.2) is 0 Å². The summed E-state index contributed by atoms with van der Waals surface area (Å²) in [6, 6.07) is 6.18. The van der Waals surface area contributed by atoms with Crippen LogP contribution in [0.1, 0.15) is 5.56 Å². The van der Waals surface area contributed by atoms with Crippen LogP contribution in [0.5, 0.6) is 11.5 Å². The zero-order valence-electron chi connectivity index (χ0n) is 11.5. The molecule has 1 atom stereocenters. The van der Waals surface area contributed by atoms with Crippen molar-refractivity contribution in [2.75, 3.05) is 39.9 Å².